The van der Waals surface area contributed by atoms with E-state index in [0.717, 1.165) is 30.4 Å². The van der Waals surface area contributed by atoms with Crippen molar-refractivity contribution in [3.05, 3.63) is 63.7 Å². The summed E-state index contributed by atoms with van der Waals surface area (Å²) >= 11 is 0. The fraction of sp³-hybridized carbons (Fsp3) is 0.481. The molecule has 2 atom stereocenters. The van der Waals surface area contributed by atoms with Gasteiger partial charge >= 0.3 is 18.4 Å². The number of ether oxygens (including phenoxy) is 1. The van der Waals surface area contributed by atoms with Crippen molar-refractivity contribution in [2.24, 2.45) is 0 Å². The second-order valence-electron chi connectivity index (χ2n) is 9.76. The van der Waals surface area contributed by atoms with Gasteiger partial charge in [0.15, 0.2) is 0 Å². The van der Waals surface area contributed by atoms with E-state index >= 15 is 0 Å². The average Bonchev–Trinajstić information content (AvgIpc) is 3.27. The number of rotatable bonds is 4. The number of fused-ring (bicyclic) bond motifs is 2. The van der Waals surface area contributed by atoms with E-state index in [9.17, 15) is 35.9 Å². The van der Waals surface area contributed by atoms with Gasteiger partial charge in [0.2, 0.25) is 5.91 Å². The Labute approximate surface area is 216 Å². The first-order valence-electron chi connectivity index (χ1n) is 12.4. The highest BCUT2D eigenvalue weighted by atomic mass is 19.4. The number of anilines is 1. The minimum Gasteiger partial charge on any atom is -0.449 e. The summed E-state index contributed by atoms with van der Waals surface area (Å²) in [5.74, 6) is -0.510. The van der Waals surface area contributed by atoms with Gasteiger partial charge in [-0.05, 0) is 86.1 Å². The molecule has 206 valence electrons. The average molecular weight is 543 g/mol. The van der Waals surface area contributed by atoms with Crippen LogP contribution in [0.1, 0.15) is 73.0 Å². The van der Waals surface area contributed by atoms with Crippen molar-refractivity contribution >= 4 is 17.7 Å². The van der Waals surface area contributed by atoms with Gasteiger partial charge in [-0.1, -0.05) is 6.07 Å². The van der Waals surface area contributed by atoms with Gasteiger partial charge in [-0.15, -0.1) is 0 Å². The Hall–Kier alpha value is -3.24. The number of hydrogen-bond acceptors (Lipinski definition) is 3. The Morgan fingerprint density at radius 3 is 2.08 bits per heavy atom. The Morgan fingerprint density at radius 1 is 0.974 bits per heavy atom. The molecule has 1 aliphatic heterocycles. The van der Waals surface area contributed by atoms with Crippen molar-refractivity contribution in [1.82, 2.24) is 4.90 Å². The van der Waals surface area contributed by atoms with Crippen LogP contribution in [0.4, 0.5) is 36.8 Å². The number of amides is 2. The Kier molecular flexibility index (Phi) is 7.42. The first-order valence-corrected chi connectivity index (χ1v) is 12.4. The molecular weight excluding hydrogens is 514 g/mol. The highest BCUT2D eigenvalue weighted by Gasteiger charge is 2.40. The van der Waals surface area contributed by atoms with Crippen LogP contribution >= 0.6 is 0 Å². The van der Waals surface area contributed by atoms with E-state index in [4.69, 9.17) is 4.74 Å². The van der Waals surface area contributed by atoms with E-state index in [1.165, 1.54) is 16.7 Å². The fourth-order valence-electron chi connectivity index (χ4n) is 5.41. The fourth-order valence-corrected chi connectivity index (χ4v) is 5.41. The number of benzene rings is 2. The molecule has 0 saturated carbocycles. The molecule has 0 fully saturated rings. The molecule has 0 radical (unpaired) electrons. The molecule has 0 N–H and O–H groups in total. The van der Waals surface area contributed by atoms with Gasteiger partial charge < -0.3 is 9.64 Å². The molecule has 2 aliphatic rings. The number of halogens is 6. The summed E-state index contributed by atoms with van der Waals surface area (Å²) in [6, 6.07) is 4.04. The third kappa shape index (κ3) is 5.47. The van der Waals surface area contributed by atoms with E-state index in [-0.39, 0.29) is 24.7 Å². The van der Waals surface area contributed by atoms with E-state index in [2.05, 4.69) is 0 Å². The topological polar surface area (TPSA) is 49.9 Å². The SMILES string of the molecule is CCOC(=O)N1c2cc3c(cc2[C@@H](N(Cc2cc(C(F)(F)F)cc(C(F)(F)F)c2)C(C)=O)C[C@H]1C)CCC3. The highest BCUT2D eigenvalue weighted by Crippen LogP contribution is 2.45. The molecule has 0 aromatic heterocycles. The van der Waals surface area contributed by atoms with Gasteiger partial charge in [0.1, 0.15) is 0 Å². The quantitative estimate of drug-likeness (QED) is 0.389. The number of nitrogens with zero attached hydrogens (tertiary/aromatic N) is 2. The molecule has 4 rings (SSSR count). The Bertz CT molecular complexity index is 1210. The second-order valence-corrected chi connectivity index (χ2v) is 9.76. The molecule has 11 heteroatoms. The van der Waals surface area contributed by atoms with Gasteiger partial charge in [-0.3, -0.25) is 9.69 Å². The number of carbonyl (C=O) groups excluding carboxylic acids is 2. The monoisotopic (exact) mass is 542 g/mol. The summed E-state index contributed by atoms with van der Waals surface area (Å²) in [6.45, 7) is 4.37. The molecule has 38 heavy (non-hydrogen) atoms. The van der Waals surface area contributed by atoms with Crippen LogP contribution in [0.5, 0.6) is 0 Å². The third-order valence-electron chi connectivity index (χ3n) is 7.11. The molecule has 5 nitrogen and oxygen atoms in total. The van der Waals surface area contributed by atoms with Crippen molar-refractivity contribution in [2.75, 3.05) is 11.5 Å². The normalized spacial score (nSPS) is 19.1. The minimum absolute atomic E-state index is 0.0696. The van der Waals surface area contributed by atoms with Crippen molar-refractivity contribution in [3.8, 4) is 0 Å². The summed E-state index contributed by atoms with van der Waals surface area (Å²) in [6.07, 6.45) is -7.78. The van der Waals surface area contributed by atoms with Gasteiger partial charge in [0, 0.05) is 19.5 Å². The molecular formula is C27H28F6N2O3. The molecule has 0 unspecified atom stereocenters. The predicted molar refractivity (Wildman–Crippen MR) is 127 cm³/mol. The first-order chi connectivity index (χ1) is 17.7. The third-order valence-corrected chi connectivity index (χ3v) is 7.11. The highest BCUT2D eigenvalue weighted by molar-refractivity contribution is 5.91. The van der Waals surface area contributed by atoms with Gasteiger partial charge in [0.05, 0.1) is 29.5 Å². The van der Waals surface area contributed by atoms with Crippen LogP contribution in [0.3, 0.4) is 0 Å². The van der Waals surface area contributed by atoms with E-state index in [1.54, 1.807) is 13.8 Å². The largest absolute Gasteiger partial charge is 0.449 e. The number of hydrogen-bond donors (Lipinski definition) is 0. The zero-order valence-electron chi connectivity index (χ0n) is 21.2. The number of aryl methyl sites for hydroxylation is 2. The lowest BCUT2D eigenvalue weighted by Crippen LogP contribution is -2.47. The van der Waals surface area contributed by atoms with E-state index < -0.39 is 54.1 Å². The first kappa shape index (κ1) is 27.8. The second kappa shape index (κ2) is 10.1. The van der Waals surface area contributed by atoms with Crippen molar-refractivity contribution < 1.29 is 40.7 Å². The Balaban J connectivity index is 1.80. The maximum absolute atomic E-state index is 13.4. The summed E-state index contributed by atoms with van der Waals surface area (Å²) in [7, 11) is 0. The van der Waals surface area contributed by atoms with Gasteiger partial charge in [-0.25, -0.2) is 4.79 Å². The van der Waals surface area contributed by atoms with Crippen molar-refractivity contribution in [3.63, 3.8) is 0 Å². The van der Waals surface area contributed by atoms with Gasteiger partial charge in [-0.2, -0.15) is 26.3 Å². The van der Waals surface area contributed by atoms with E-state index in [1.807, 2.05) is 12.1 Å². The molecule has 0 spiro atoms. The minimum atomic E-state index is -5.00. The van der Waals surface area contributed by atoms with Crippen molar-refractivity contribution in [1.29, 1.82) is 0 Å². The van der Waals surface area contributed by atoms with Gasteiger partial charge in [0.25, 0.3) is 0 Å². The number of carbonyl (C=O) groups is 2. The lowest BCUT2D eigenvalue weighted by molar-refractivity contribution is -0.143. The lowest BCUT2D eigenvalue weighted by atomic mass is 9.88. The van der Waals surface area contributed by atoms with Crippen LogP contribution < -0.4 is 4.90 Å². The molecule has 2 aromatic rings. The molecule has 0 bridgehead atoms. The zero-order valence-corrected chi connectivity index (χ0v) is 21.2. The van der Waals surface area contributed by atoms with Crippen LogP contribution in [-0.4, -0.2) is 29.5 Å². The Morgan fingerprint density at radius 2 is 1.55 bits per heavy atom. The molecule has 2 amide bonds. The maximum atomic E-state index is 13.4. The number of alkyl halides is 6. The van der Waals surface area contributed by atoms with Crippen LogP contribution in [0.15, 0.2) is 30.3 Å². The van der Waals surface area contributed by atoms with Crippen LogP contribution in [0, 0.1) is 0 Å². The summed E-state index contributed by atoms with van der Waals surface area (Å²) < 4.78 is 85.9. The standard InChI is InChI=1S/C27H28F6N2O3/c1-4-38-25(37)35-15(2)8-23(22-11-18-6-5-7-19(18)12-24(22)35)34(16(3)36)14-17-9-20(26(28,29)30)13-21(10-17)27(31,32)33/h9-13,15,23H,4-8,14H2,1-3H3/t15-,23+/m1/s1. The maximum Gasteiger partial charge on any atom is 0.416 e. The van der Waals surface area contributed by atoms with Crippen LogP contribution in [0.25, 0.3) is 0 Å². The summed E-state index contributed by atoms with van der Waals surface area (Å²) in [5, 5.41) is 0. The predicted octanol–water partition coefficient (Wildman–Crippen LogP) is 7.06. The molecule has 1 aliphatic carbocycles. The van der Waals surface area contributed by atoms with Crippen LogP contribution in [-0.2, 0) is 41.3 Å². The summed E-state index contributed by atoms with van der Waals surface area (Å²) in [5.41, 5.74) is 0.116. The van der Waals surface area contributed by atoms with Crippen LogP contribution in [0.2, 0.25) is 0 Å². The molecule has 0 saturated heterocycles. The zero-order chi connectivity index (χ0) is 28.0. The smallest absolute Gasteiger partial charge is 0.416 e. The molecule has 2 aromatic carbocycles. The van der Waals surface area contributed by atoms with Crippen molar-refractivity contribution in [2.45, 2.75) is 77.4 Å². The molecule has 1 heterocycles. The lowest BCUT2D eigenvalue weighted by Gasteiger charge is -2.43. The summed E-state index contributed by atoms with van der Waals surface area (Å²) in [4.78, 5) is 28.5. The van der Waals surface area contributed by atoms with E-state index in [0.29, 0.717) is 23.4 Å².